The Kier molecular flexibility index (Phi) is 6.93. The topological polar surface area (TPSA) is 144 Å². The van der Waals surface area contributed by atoms with Gasteiger partial charge in [0.2, 0.25) is 0 Å². The van der Waals surface area contributed by atoms with Crippen LogP contribution in [0.15, 0.2) is 47.3 Å². The molecule has 1 atom stereocenters. The van der Waals surface area contributed by atoms with Crippen LogP contribution in [0.5, 0.6) is 5.75 Å². The molecule has 0 radical (unpaired) electrons. The van der Waals surface area contributed by atoms with Crippen molar-refractivity contribution in [3.05, 3.63) is 70.9 Å². The third-order valence-electron chi connectivity index (χ3n) is 6.50. The Morgan fingerprint density at radius 3 is 2.42 bits per heavy atom. The van der Waals surface area contributed by atoms with Crippen LogP contribution in [0.4, 0.5) is 13.2 Å². The monoisotopic (exact) mass is 535 g/mol. The number of carboxylic acid groups (broad SMARTS) is 1. The first kappa shape index (κ1) is 26.7. The van der Waals surface area contributed by atoms with E-state index >= 15 is 0 Å². The van der Waals surface area contributed by atoms with E-state index in [1.54, 1.807) is 23.8 Å². The summed E-state index contributed by atoms with van der Waals surface area (Å²) in [5.74, 6) is -2.40. The molecule has 4 heterocycles. The van der Waals surface area contributed by atoms with Gasteiger partial charge in [0.25, 0.3) is 11.8 Å². The van der Waals surface area contributed by atoms with Crippen LogP contribution in [0.25, 0.3) is 0 Å². The zero-order valence-electron chi connectivity index (χ0n) is 20.4. The molecule has 1 unspecified atom stereocenters. The second-order valence-corrected chi connectivity index (χ2v) is 8.64. The van der Waals surface area contributed by atoms with Gasteiger partial charge in [0.05, 0.1) is 19.3 Å². The lowest BCUT2D eigenvalue weighted by Crippen LogP contribution is -2.60. The number of benzene rings is 1. The van der Waals surface area contributed by atoms with E-state index in [0.29, 0.717) is 48.9 Å². The number of aromatic nitrogens is 2. The fourth-order valence-corrected chi connectivity index (χ4v) is 4.70. The molecule has 2 aliphatic heterocycles. The van der Waals surface area contributed by atoms with E-state index in [4.69, 9.17) is 24.9 Å². The number of alkyl halides is 3. The molecule has 11 nitrogen and oxygen atoms in total. The van der Waals surface area contributed by atoms with Gasteiger partial charge >= 0.3 is 12.1 Å². The molecule has 1 saturated heterocycles. The average molecular weight is 535 g/mol. The zero-order valence-corrected chi connectivity index (χ0v) is 20.4. The number of amides is 2. The van der Waals surface area contributed by atoms with Gasteiger partial charge in [-0.25, -0.2) is 4.79 Å². The van der Waals surface area contributed by atoms with Crippen LogP contribution in [0, 0.1) is 6.92 Å². The number of rotatable bonds is 4. The van der Waals surface area contributed by atoms with E-state index in [-0.39, 0.29) is 11.8 Å². The second kappa shape index (κ2) is 9.85. The number of ether oxygens (including phenoxy) is 1. The maximum atomic E-state index is 13.6. The highest BCUT2D eigenvalue weighted by atomic mass is 19.4. The summed E-state index contributed by atoms with van der Waals surface area (Å²) in [5.41, 5.74) is 8.03. The summed E-state index contributed by atoms with van der Waals surface area (Å²) in [7, 11) is 1.60. The van der Waals surface area contributed by atoms with Gasteiger partial charge in [0.15, 0.2) is 5.66 Å². The van der Waals surface area contributed by atoms with E-state index in [0.717, 1.165) is 11.1 Å². The molecule has 14 heteroatoms. The Morgan fingerprint density at radius 2 is 1.89 bits per heavy atom. The molecule has 0 bridgehead atoms. The lowest BCUT2D eigenvalue weighted by Gasteiger charge is -2.47. The van der Waals surface area contributed by atoms with E-state index < -0.39 is 17.8 Å². The molecule has 0 aliphatic carbocycles. The quantitative estimate of drug-likeness (QED) is 0.518. The molecule has 2 aliphatic rings. The first-order valence-corrected chi connectivity index (χ1v) is 11.3. The minimum Gasteiger partial charge on any atom is -0.497 e. The number of aliphatic carboxylic acids is 1. The van der Waals surface area contributed by atoms with Gasteiger partial charge in [-0.15, -0.1) is 0 Å². The molecule has 202 valence electrons. The van der Waals surface area contributed by atoms with Crippen LogP contribution < -0.4 is 10.5 Å². The minimum atomic E-state index is -5.08. The number of carbonyl (C=O) groups excluding carboxylic acids is 2. The van der Waals surface area contributed by atoms with Gasteiger partial charge in [-0.3, -0.25) is 9.59 Å². The summed E-state index contributed by atoms with van der Waals surface area (Å²) in [5, 5.41) is 11.0. The Balaban J connectivity index is 0.000000426. The molecule has 38 heavy (non-hydrogen) atoms. The van der Waals surface area contributed by atoms with Crippen LogP contribution >= 0.6 is 0 Å². The number of carboxylic acids is 1. The predicted octanol–water partition coefficient (Wildman–Crippen LogP) is 2.35. The largest absolute Gasteiger partial charge is 0.497 e. The van der Waals surface area contributed by atoms with Crippen molar-refractivity contribution in [2.75, 3.05) is 20.2 Å². The first-order valence-electron chi connectivity index (χ1n) is 11.3. The first-order chi connectivity index (χ1) is 17.9. The highest BCUT2D eigenvalue weighted by molar-refractivity contribution is 5.99. The maximum Gasteiger partial charge on any atom is 0.490 e. The zero-order chi connectivity index (χ0) is 27.8. The summed E-state index contributed by atoms with van der Waals surface area (Å²) < 4.78 is 44.0. The molecular weight excluding hydrogens is 511 g/mol. The van der Waals surface area contributed by atoms with Crippen LogP contribution in [-0.2, 0) is 23.5 Å². The molecule has 0 spiro atoms. The highest BCUT2D eigenvalue weighted by Gasteiger charge is 2.56. The van der Waals surface area contributed by atoms with E-state index in [9.17, 15) is 22.8 Å². The fourth-order valence-electron chi connectivity index (χ4n) is 4.70. The number of fused-ring (bicyclic) bond motifs is 2. The average Bonchev–Trinajstić information content (AvgIpc) is 3.60. The molecule has 3 N–H and O–H groups in total. The molecular formula is C24H24F3N5O6. The lowest BCUT2D eigenvalue weighted by molar-refractivity contribution is -0.192. The Morgan fingerprint density at radius 1 is 1.24 bits per heavy atom. The van der Waals surface area contributed by atoms with Crippen LogP contribution in [0.3, 0.4) is 0 Å². The summed E-state index contributed by atoms with van der Waals surface area (Å²) >= 11 is 0. The van der Waals surface area contributed by atoms with Crippen molar-refractivity contribution in [3.8, 4) is 5.75 Å². The predicted molar refractivity (Wildman–Crippen MR) is 124 cm³/mol. The Bertz CT molecular complexity index is 1370. The van der Waals surface area contributed by atoms with E-state index in [1.807, 2.05) is 41.1 Å². The molecule has 0 saturated carbocycles. The van der Waals surface area contributed by atoms with Gasteiger partial charge in [0.1, 0.15) is 23.3 Å². The van der Waals surface area contributed by atoms with Gasteiger partial charge in [-0.05, 0) is 30.7 Å². The fraction of sp³-hybridized carbons (Fsp3) is 0.333. The number of carbonyl (C=O) groups is 3. The smallest absolute Gasteiger partial charge is 0.490 e. The van der Waals surface area contributed by atoms with Crippen molar-refractivity contribution in [2.24, 2.45) is 5.73 Å². The van der Waals surface area contributed by atoms with Crippen molar-refractivity contribution in [2.45, 2.75) is 31.9 Å². The van der Waals surface area contributed by atoms with Crippen molar-refractivity contribution in [1.82, 2.24) is 19.5 Å². The summed E-state index contributed by atoms with van der Waals surface area (Å²) in [4.78, 5) is 39.5. The van der Waals surface area contributed by atoms with Crippen molar-refractivity contribution < 1.29 is 41.9 Å². The Hall–Kier alpha value is -4.33. The number of nitrogens with zero attached hydrogens (tertiary/aromatic N) is 4. The molecule has 3 aromatic rings. The number of nitrogens with two attached hydrogens (primary N) is 1. The van der Waals surface area contributed by atoms with Crippen LogP contribution in [0.1, 0.15) is 37.7 Å². The SMILES string of the molecule is COc1ccc(C23Cn4cc(CN)cc4C(=O)N2CCN3C(=O)c2conc2C)cc1.O=C(O)C(F)(F)F. The molecule has 1 aromatic carbocycles. The lowest BCUT2D eigenvalue weighted by atomic mass is 9.93. The van der Waals surface area contributed by atoms with E-state index in [1.165, 1.54) is 6.26 Å². The molecule has 2 amide bonds. The number of aryl methyl sites for hydroxylation is 1. The maximum absolute atomic E-state index is 13.6. The summed E-state index contributed by atoms with van der Waals surface area (Å²) in [6, 6.07) is 9.33. The van der Waals surface area contributed by atoms with Crippen LogP contribution in [0.2, 0.25) is 0 Å². The number of hydrogen-bond acceptors (Lipinski definition) is 7. The molecule has 5 rings (SSSR count). The van der Waals surface area contributed by atoms with Gasteiger partial charge < -0.3 is 34.5 Å². The minimum absolute atomic E-state index is 0.126. The highest BCUT2D eigenvalue weighted by Crippen LogP contribution is 2.44. The Labute approximate surface area is 214 Å². The summed E-state index contributed by atoms with van der Waals surface area (Å²) in [6.07, 6.45) is -1.83. The van der Waals surface area contributed by atoms with Gasteiger partial charge in [-0.2, -0.15) is 13.2 Å². The van der Waals surface area contributed by atoms with E-state index in [2.05, 4.69) is 5.16 Å². The van der Waals surface area contributed by atoms with Crippen molar-refractivity contribution in [3.63, 3.8) is 0 Å². The number of halogens is 3. The standard InChI is InChI=1S/C22H23N5O4.C2HF3O2/c1-14-18(12-31-24-14)20(28)26-7-8-27-21(29)19-9-15(10-23)11-25(19)13-22(26,27)16-3-5-17(30-2)6-4-16;3-2(4,5)1(6)7/h3-6,9,11-12H,7-8,10,13,23H2,1-2H3;(H,6,7). The van der Waals surface area contributed by atoms with Gasteiger partial charge in [0, 0.05) is 31.4 Å². The molecule has 2 aromatic heterocycles. The summed E-state index contributed by atoms with van der Waals surface area (Å²) in [6.45, 7) is 3.29. The number of hydrogen-bond donors (Lipinski definition) is 2. The third-order valence-corrected chi connectivity index (χ3v) is 6.50. The third kappa shape index (κ3) is 4.47. The van der Waals surface area contributed by atoms with Crippen LogP contribution in [-0.4, -0.2) is 68.8 Å². The normalized spacial score (nSPS) is 18.4. The van der Waals surface area contributed by atoms with Crippen molar-refractivity contribution in [1.29, 1.82) is 0 Å². The molecule has 1 fully saturated rings. The second-order valence-electron chi connectivity index (χ2n) is 8.64. The van der Waals surface area contributed by atoms with Crippen molar-refractivity contribution >= 4 is 17.8 Å². The van der Waals surface area contributed by atoms with Gasteiger partial charge in [-0.1, -0.05) is 17.3 Å². The number of methoxy groups -OCH3 is 1.